The van der Waals surface area contributed by atoms with Crippen molar-refractivity contribution in [3.8, 4) is 17.2 Å². The van der Waals surface area contributed by atoms with E-state index in [0.717, 1.165) is 23.8 Å². The van der Waals surface area contributed by atoms with Gasteiger partial charge in [-0.2, -0.15) is 0 Å². The molecule has 0 bridgehead atoms. The van der Waals surface area contributed by atoms with E-state index >= 15 is 0 Å². The minimum absolute atomic E-state index is 0.305. The van der Waals surface area contributed by atoms with Crippen LogP contribution in [0.5, 0.6) is 17.2 Å². The molecule has 0 spiro atoms. The number of methoxy groups -OCH3 is 1. The van der Waals surface area contributed by atoms with Crippen molar-refractivity contribution in [3.63, 3.8) is 0 Å². The lowest BCUT2D eigenvalue weighted by molar-refractivity contribution is 0.131. The maximum Gasteiger partial charge on any atom is 0.231 e. The standard InChI is InChI=1S/C18H27NO3/c1-4-13(2)19(15-7-5-6-8-15)11-14-9-17-18(22-12-21-17)10-16(14)20-3/h9-10,13,15H,4-8,11-12H2,1-3H3/t13-/m0/s1. The molecular weight excluding hydrogens is 278 g/mol. The third-order valence-corrected chi connectivity index (χ3v) is 5.08. The molecule has 1 aromatic carbocycles. The zero-order valence-corrected chi connectivity index (χ0v) is 13.9. The molecule has 1 aliphatic heterocycles. The second-order valence-corrected chi connectivity index (χ2v) is 6.39. The Balaban J connectivity index is 1.85. The van der Waals surface area contributed by atoms with E-state index in [2.05, 4.69) is 24.8 Å². The van der Waals surface area contributed by atoms with E-state index in [1.54, 1.807) is 7.11 Å². The molecule has 2 aliphatic rings. The highest BCUT2D eigenvalue weighted by atomic mass is 16.7. The van der Waals surface area contributed by atoms with Crippen LogP contribution in [0.1, 0.15) is 51.5 Å². The lowest BCUT2D eigenvalue weighted by Crippen LogP contribution is -2.39. The van der Waals surface area contributed by atoms with E-state index in [4.69, 9.17) is 14.2 Å². The average molecular weight is 305 g/mol. The smallest absolute Gasteiger partial charge is 0.231 e. The van der Waals surface area contributed by atoms with Gasteiger partial charge in [0.1, 0.15) is 5.75 Å². The van der Waals surface area contributed by atoms with Crippen LogP contribution < -0.4 is 14.2 Å². The van der Waals surface area contributed by atoms with Gasteiger partial charge in [0.05, 0.1) is 7.11 Å². The Hall–Kier alpha value is -1.42. The summed E-state index contributed by atoms with van der Waals surface area (Å²) in [5, 5.41) is 0. The van der Waals surface area contributed by atoms with Gasteiger partial charge in [0.15, 0.2) is 11.5 Å². The highest BCUT2D eigenvalue weighted by Gasteiger charge is 2.27. The van der Waals surface area contributed by atoms with Gasteiger partial charge < -0.3 is 14.2 Å². The van der Waals surface area contributed by atoms with Gasteiger partial charge in [-0.05, 0) is 32.3 Å². The van der Waals surface area contributed by atoms with E-state index in [9.17, 15) is 0 Å². The van der Waals surface area contributed by atoms with Crippen molar-refractivity contribution in [1.29, 1.82) is 0 Å². The van der Waals surface area contributed by atoms with E-state index < -0.39 is 0 Å². The number of rotatable bonds is 6. The first-order valence-electron chi connectivity index (χ1n) is 8.45. The van der Waals surface area contributed by atoms with Crippen LogP contribution in [0, 0.1) is 0 Å². The van der Waals surface area contributed by atoms with Crippen LogP contribution in [-0.4, -0.2) is 30.9 Å². The third-order valence-electron chi connectivity index (χ3n) is 5.08. The topological polar surface area (TPSA) is 30.9 Å². The van der Waals surface area contributed by atoms with Crippen LogP contribution in [0.3, 0.4) is 0 Å². The molecule has 0 saturated heterocycles. The number of hydrogen-bond donors (Lipinski definition) is 0. The summed E-state index contributed by atoms with van der Waals surface area (Å²) in [6.45, 7) is 5.82. The summed E-state index contributed by atoms with van der Waals surface area (Å²) < 4.78 is 16.6. The fourth-order valence-electron chi connectivity index (χ4n) is 3.59. The molecule has 1 fully saturated rings. The van der Waals surface area contributed by atoms with Crippen LogP contribution >= 0.6 is 0 Å². The van der Waals surface area contributed by atoms with Gasteiger partial charge in [-0.25, -0.2) is 0 Å². The van der Waals surface area contributed by atoms with Crippen LogP contribution in [0.2, 0.25) is 0 Å². The van der Waals surface area contributed by atoms with E-state index in [-0.39, 0.29) is 0 Å². The van der Waals surface area contributed by atoms with Crippen molar-refractivity contribution in [1.82, 2.24) is 4.90 Å². The molecule has 4 nitrogen and oxygen atoms in total. The molecule has 1 aliphatic carbocycles. The Labute approximate surface area is 133 Å². The van der Waals surface area contributed by atoms with Gasteiger partial charge >= 0.3 is 0 Å². The zero-order chi connectivity index (χ0) is 15.5. The Kier molecular flexibility index (Phi) is 4.77. The summed E-state index contributed by atoms with van der Waals surface area (Å²) in [6, 6.07) is 5.33. The van der Waals surface area contributed by atoms with Crippen molar-refractivity contribution in [2.45, 2.75) is 64.6 Å². The van der Waals surface area contributed by atoms with Crippen LogP contribution in [0.15, 0.2) is 12.1 Å². The maximum atomic E-state index is 5.59. The Bertz CT molecular complexity index is 511. The molecule has 122 valence electrons. The number of fused-ring (bicyclic) bond motifs is 1. The number of ether oxygens (including phenoxy) is 3. The van der Waals surface area contributed by atoms with Crippen molar-refractivity contribution < 1.29 is 14.2 Å². The fourth-order valence-corrected chi connectivity index (χ4v) is 3.59. The molecule has 1 saturated carbocycles. The van der Waals surface area contributed by atoms with Gasteiger partial charge in [-0.1, -0.05) is 19.8 Å². The van der Waals surface area contributed by atoms with Crippen molar-refractivity contribution >= 4 is 0 Å². The Morgan fingerprint density at radius 2 is 1.91 bits per heavy atom. The fraction of sp³-hybridized carbons (Fsp3) is 0.667. The molecule has 22 heavy (non-hydrogen) atoms. The van der Waals surface area contributed by atoms with Crippen molar-refractivity contribution in [2.75, 3.05) is 13.9 Å². The molecule has 4 heteroatoms. The summed E-state index contributed by atoms with van der Waals surface area (Å²) >= 11 is 0. The van der Waals surface area contributed by atoms with Crippen LogP contribution in [-0.2, 0) is 6.54 Å². The lowest BCUT2D eigenvalue weighted by Gasteiger charge is -2.34. The molecule has 1 heterocycles. The highest BCUT2D eigenvalue weighted by molar-refractivity contribution is 5.51. The summed E-state index contributed by atoms with van der Waals surface area (Å²) in [5.74, 6) is 2.53. The van der Waals surface area contributed by atoms with Gasteiger partial charge in [0, 0.05) is 30.3 Å². The molecule has 1 atom stereocenters. The second-order valence-electron chi connectivity index (χ2n) is 6.39. The van der Waals surface area contributed by atoms with Gasteiger partial charge in [-0.3, -0.25) is 4.90 Å². The number of nitrogens with zero attached hydrogens (tertiary/aromatic N) is 1. The second kappa shape index (κ2) is 6.78. The largest absolute Gasteiger partial charge is 0.496 e. The molecule has 0 N–H and O–H groups in total. The average Bonchev–Trinajstić information content (AvgIpc) is 3.21. The summed E-state index contributed by atoms with van der Waals surface area (Å²) in [4.78, 5) is 2.65. The highest BCUT2D eigenvalue weighted by Crippen LogP contribution is 2.39. The van der Waals surface area contributed by atoms with E-state index in [1.807, 2.05) is 6.07 Å². The number of benzene rings is 1. The van der Waals surface area contributed by atoms with E-state index in [0.29, 0.717) is 18.9 Å². The van der Waals surface area contributed by atoms with Gasteiger partial charge in [0.2, 0.25) is 6.79 Å². The Morgan fingerprint density at radius 1 is 1.23 bits per heavy atom. The van der Waals surface area contributed by atoms with Crippen LogP contribution in [0.4, 0.5) is 0 Å². The molecule has 0 unspecified atom stereocenters. The molecular formula is C18H27NO3. The summed E-state index contributed by atoms with van der Waals surface area (Å²) in [7, 11) is 1.73. The first-order chi connectivity index (χ1) is 10.7. The lowest BCUT2D eigenvalue weighted by atomic mass is 10.1. The first-order valence-corrected chi connectivity index (χ1v) is 8.45. The summed E-state index contributed by atoms with van der Waals surface area (Å²) in [6.07, 6.45) is 6.52. The predicted molar refractivity (Wildman–Crippen MR) is 86.7 cm³/mol. The summed E-state index contributed by atoms with van der Waals surface area (Å²) in [5.41, 5.74) is 1.19. The van der Waals surface area contributed by atoms with Gasteiger partial charge in [0.25, 0.3) is 0 Å². The van der Waals surface area contributed by atoms with Crippen molar-refractivity contribution in [2.24, 2.45) is 0 Å². The monoisotopic (exact) mass is 305 g/mol. The predicted octanol–water partition coefficient (Wildman–Crippen LogP) is 3.97. The molecule has 3 rings (SSSR count). The van der Waals surface area contributed by atoms with Crippen LogP contribution in [0.25, 0.3) is 0 Å². The molecule has 0 amide bonds. The zero-order valence-electron chi connectivity index (χ0n) is 13.9. The molecule has 0 radical (unpaired) electrons. The molecule has 1 aromatic rings. The number of hydrogen-bond acceptors (Lipinski definition) is 4. The minimum Gasteiger partial charge on any atom is -0.496 e. The SMILES string of the molecule is CC[C@H](C)N(Cc1cc2c(cc1OC)OCO2)C1CCCC1. The normalized spacial score (nSPS) is 18.9. The Morgan fingerprint density at radius 3 is 2.55 bits per heavy atom. The maximum absolute atomic E-state index is 5.59. The minimum atomic E-state index is 0.305. The van der Waals surface area contributed by atoms with E-state index in [1.165, 1.54) is 37.7 Å². The third kappa shape index (κ3) is 3.02. The van der Waals surface area contributed by atoms with Crippen molar-refractivity contribution in [3.05, 3.63) is 17.7 Å². The first kappa shape index (κ1) is 15.5. The molecule has 0 aromatic heterocycles. The van der Waals surface area contributed by atoms with Gasteiger partial charge in [-0.15, -0.1) is 0 Å². The quantitative estimate of drug-likeness (QED) is 0.796.